The molecule has 0 aliphatic rings. The molecule has 124 valence electrons. The Kier molecular flexibility index (Phi) is 4.73. The largest absolute Gasteiger partial charge is 0.478 e. The van der Waals surface area contributed by atoms with Gasteiger partial charge < -0.3 is 10.1 Å². The first-order chi connectivity index (χ1) is 12.1. The molecule has 3 rings (SSSR count). The van der Waals surface area contributed by atoms with Gasteiger partial charge in [-0.25, -0.2) is 9.79 Å². The summed E-state index contributed by atoms with van der Waals surface area (Å²) >= 11 is 1.23. The zero-order valence-electron chi connectivity index (χ0n) is 13.3. The molecule has 3 aromatic rings. The summed E-state index contributed by atoms with van der Waals surface area (Å²) in [6.07, 6.45) is 5.42. The second-order valence-corrected chi connectivity index (χ2v) is 5.93. The van der Waals surface area contributed by atoms with Crippen molar-refractivity contribution in [3.8, 4) is 17.3 Å². The maximum Gasteiger partial charge on any atom is 0.337 e. The molecule has 1 heterocycles. The molecule has 0 atom stereocenters. The third kappa shape index (κ3) is 3.34. The van der Waals surface area contributed by atoms with Gasteiger partial charge in [-0.05, 0) is 41.6 Å². The molecule has 3 N–H and O–H groups in total. The van der Waals surface area contributed by atoms with Crippen LogP contribution in [-0.4, -0.2) is 27.5 Å². The summed E-state index contributed by atoms with van der Waals surface area (Å²) in [5.41, 5.74) is 3.21. The Balaban J connectivity index is 2.18. The van der Waals surface area contributed by atoms with E-state index in [4.69, 9.17) is 5.26 Å². The first kappa shape index (κ1) is 16.6. The van der Waals surface area contributed by atoms with E-state index >= 15 is 0 Å². The predicted octanol–water partition coefficient (Wildman–Crippen LogP) is 3.95. The molecule has 2 aromatic carbocycles. The number of rotatable bonds is 3. The van der Waals surface area contributed by atoms with Crippen LogP contribution < -0.4 is 5.32 Å². The van der Waals surface area contributed by atoms with E-state index in [1.165, 1.54) is 17.8 Å². The second-order valence-electron chi connectivity index (χ2n) is 5.14. The number of nitrogens with one attached hydrogen (secondary N) is 2. The standard InChI is InChI=1S/C18H14N4O2S/c1-25-18(21-10-19)22-16-9-11(5-6-14(16)17(23)24)12-3-2-4-15-13(12)7-8-20-15/h2-9,20H,1H3,(H,21,22)(H,23,24). The highest BCUT2D eigenvalue weighted by Gasteiger charge is 2.13. The number of hydrogen-bond acceptors (Lipinski definition) is 4. The van der Waals surface area contributed by atoms with Crippen LogP contribution in [0.5, 0.6) is 0 Å². The van der Waals surface area contributed by atoms with Crippen molar-refractivity contribution in [2.75, 3.05) is 6.26 Å². The van der Waals surface area contributed by atoms with Crippen molar-refractivity contribution in [2.45, 2.75) is 0 Å². The molecule has 0 aliphatic carbocycles. The first-order valence-electron chi connectivity index (χ1n) is 7.35. The number of benzene rings is 2. The van der Waals surface area contributed by atoms with Crippen LogP contribution in [0.3, 0.4) is 0 Å². The van der Waals surface area contributed by atoms with Crippen molar-refractivity contribution in [3.05, 3.63) is 54.2 Å². The van der Waals surface area contributed by atoms with Gasteiger partial charge in [0, 0.05) is 17.1 Å². The van der Waals surface area contributed by atoms with Crippen molar-refractivity contribution >= 4 is 39.5 Å². The number of aromatic nitrogens is 1. The molecule has 0 saturated heterocycles. The molecule has 7 heteroatoms. The molecule has 0 unspecified atom stereocenters. The van der Waals surface area contributed by atoms with Gasteiger partial charge in [0.1, 0.15) is 0 Å². The highest BCUT2D eigenvalue weighted by Crippen LogP contribution is 2.32. The van der Waals surface area contributed by atoms with Crippen LogP contribution in [0.2, 0.25) is 0 Å². The number of carboxylic acid groups (broad SMARTS) is 1. The zero-order valence-corrected chi connectivity index (χ0v) is 14.1. The van der Waals surface area contributed by atoms with Crippen molar-refractivity contribution in [2.24, 2.45) is 4.99 Å². The van der Waals surface area contributed by atoms with Crippen LogP contribution in [0.15, 0.2) is 53.7 Å². The van der Waals surface area contributed by atoms with E-state index in [1.54, 1.807) is 24.6 Å². The van der Waals surface area contributed by atoms with Gasteiger partial charge in [-0.15, -0.1) is 0 Å². The van der Waals surface area contributed by atoms with Gasteiger partial charge in [-0.2, -0.15) is 5.26 Å². The summed E-state index contributed by atoms with van der Waals surface area (Å²) in [6, 6.07) is 12.9. The van der Waals surface area contributed by atoms with Crippen molar-refractivity contribution in [3.63, 3.8) is 0 Å². The SMILES string of the molecule is CSC(=Nc1cc(-c2cccc3[nH]ccc23)ccc1C(=O)O)NC#N. The van der Waals surface area contributed by atoms with Crippen LogP contribution >= 0.6 is 11.8 Å². The molecule has 6 nitrogen and oxygen atoms in total. The topological polar surface area (TPSA) is 101 Å². The minimum absolute atomic E-state index is 0.0799. The number of fused-ring (bicyclic) bond motifs is 1. The van der Waals surface area contributed by atoms with E-state index in [-0.39, 0.29) is 5.56 Å². The highest BCUT2D eigenvalue weighted by molar-refractivity contribution is 8.13. The molecule has 0 spiro atoms. The maximum absolute atomic E-state index is 11.5. The summed E-state index contributed by atoms with van der Waals surface area (Å²) < 4.78 is 0. The van der Waals surface area contributed by atoms with E-state index in [0.717, 1.165) is 22.0 Å². The Bertz CT molecular complexity index is 1020. The van der Waals surface area contributed by atoms with Gasteiger partial charge in [-0.1, -0.05) is 30.0 Å². The number of aliphatic imine (C=N–C) groups is 1. The van der Waals surface area contributed by atoms with E-state index in [1.807, 2.05) is 30.5 Å². The summed E-state index contributed by atoms with van der Waals surface area (Å²) in [5.74, 6) is -1.07. The lowest BCUT2D eigenvalue weighted by molar-refractivity contribution is 0.0698. The fraction of sp³-hybridized carbons (Fsp3) is 0.0556. The lowest BCUT2D eigenvalue weighted by atomic mass is 9.99. The number of thioether (sulfide) groups is 1. The van der Waals surface area contributed by atoms with E-state index in [9.17, 15) is 9.90 Å². The Morgan fingerprint density at radius 2 is 2.16 bits per heavy atom. The fourth-order valence-corrected chi connectivity index (χ4v) is 2.93. The van der Waals surface area contributed by atoms with E-state index < -0.39 is 5.97 Å². The predicted molar refractivity (Wildman–Crippen MR) is 100 cm³/mol. The Labute approximate surface area is 148 Å². The Morgan fingerprint density at radius 1 is 1.32 bits per heavy atom. The third-order valence-electron chi connectivity index (χ3n) is 3.71. The molecule has 25 heavy (non-hydrogen) atoms. The minimum atomic E-state index is -1.07. The van der Waals surface area contributed by atoms with Crippen LogP contribution in [0, 0.1) is 11.5 Å². The molecule has 0 radical (unpaired) electrons. The molecule has 0 saturated carbocycles. The van der Waals surface area contributed by atoms with E-state index in [2.05, 4.69) is 15.3 Å². The van der Waals surface area contributed by atoms with Crippen molar-refractivity contribution < 1.29 is 9.90 Å². The zero-order chi connectivity index (χ0) is 17.8. The Morgan fingerprint density at radius 3 is 2.88 bits per heavy atom. The van der Waals surface area contributed by atoms with E-state index in [0.29, 0.717) is 10.9 Å². The molecular formula is C18H14N4O2S. The van der Waals surface area contributed by atoms with Gasteiger partial charge in [-0.3, -0.25) is 5.32 Å². The number of amidine groups is 1. The van der Waals surface area contributed by atoms with Crippen molar-refractivity contribution in [1.29, 1.82) is 5.26 Å². The summed E-state index contributed by atoms with van der Waals surface area (Å²) in [7, 11) is 0. The number of aromatic amines is 1. The quantitative estimate of drug-likeness (QED) is 0.287. The second kappa shape index (κ2) is 7.11. The number of carbonyl (C=O) groups is 1. The average Bonchev–Trinajstić information content (AvgIpc) is 3.09. The number of carboxylic acids is 1. The molecule has 0 fully saturated rings. The molecule has 0 bridgehead atoms. The normalized spacial score (nSPS) is 11.3. The van der Waals surface area contributed by atoms with Gasteiger partial charge in [0.2, 0.25) is 0 Å². The lowest BCUT2D eigenvalue weighted by Gasteiger charge is -2.08. The van der Waals surface area contributed by atoms with Gasteiger partial charge >= 0.3 is 5.97 Å². The molecule has 0 amide bonds. The lowest BCUT2D eigenvalue weighted by Crippen LogP contribution is -2.13. The summed E-state index contributed by atoms with van der Waals surface area (Å²) in [4.78, 5) is 19.0. The first-order valence-corrected chi connectivity index (χ1v) is 8.58. The number of hydrogen-bond donors (Lipinski definition) is 3. The number of H-pyrrole nitrogens is 1. The Hall–Kier alpha value is -3.24. The number of nitriles is 1. The average molecular weight is 350 g/mol. The van der Waals surface area contributed by atoms with Crippen molar-refractivity contribution in [1.82, 2.24) is 10.3 Å². The van der Waals surface area contributed by atoms with Gasteiger partial charge in [0.15, 0.2) is 11.4 Å². The fourth-order valence-electron chi connectivity index (χ4n) is 2.59. The summed E-state index contributed by atoms with van der Waals surface area (Å²) in [6.45, 7) is 0. The van der Waals surface area contributed by atoms with Crippen LogP contribution in [0.1, 0.15) is 10.4 Å². The molecule has 1 aromatic heterocycles. The van der Waals surface area contributed by atoms with Crippen LogP contribution in [0.25, 0.3) is 22.0 Å². The highest BCUT2D eigenvalue weighted by atomic mass is 32.2. The molecular weight excluding hydrogens is 336 g/mol. The van der Waals surface area contributed by atoms with Gasteiger partial charge in [0.05, 0.1) is 11.3 Å². The van der Waals surface area contributed by atoms with Gasteiger partial charge in [0.25, 0.3) is 0 Å². The third-order valence-corrected chi connectivity index (χ3v) is 4.29. The monoisotopic (exact) mass is 350 g/mol. The number of aromatic carboxylic acids is 1. The van der Waals surface area contributed by atoms with Crippen LogP contribution in [0.4, 0.5) is 5.69 Å². The minimum Gasteiger partial charge on any atom is -0.478 e. The molecule has 0 aliphatic heterocycles. The smallest absolute Gasteiger partial charge is 0.337 e. The summed E-state index contributed by atoms with van der Waals surface area (Å²) in [5, 5.41) is 22.0. The number of nitrogens with zero attached hydrogens (tertiary/aromatic N) is 2. The maximum atomic E-state index is 11.5. The van der Waals surface area contributed by atoms with Crippen LogP contribution in [-0.2, 0) is 0 Å².